The van der Waals surface area contributed by atoms with Gasteiger partial charge in [0.2, 0.25) is 10.0 Å². The number of sulfonamides is 1. The molecule has 19 heavy (non-hydrogen) atoms. The Morgan fingerprint density at radius 3 is 2.16 bits per heavy atom. The summed E-state index contributed by atoms with van der Waals surface area (Å²) in [6.45, 7) is 6.61. The highest BCUT2D eigenvalue weighted by atomic mass is 32.3. The van der Waals surface area contributed by atoms with Crippen LogP contribution in [-0.4, -0.2) is 50.2 Å². The van der Waals surface area contributed by atoms with Gasteiger partial charge < -0.3 is 9.47 Å². The SMILES string of the molecule is CO[C@@H](CN(SC)S(C)(=O)=O)OC1(C(C)(C)C)CC1. The van der Waals surface area contributed by atoms with Gasteiger partial charge in [-0.25, -0.2) is 8.42 Å². The van der Waals surface area contributed by atoms with Crippen molar-refractivity contribution in [3.05, 3.63) is 0 Å². The Kier molecular flexibility index (Phi) is 5.34. The fourth-order valence-corrected chi connectivity index (χ4v) is 3.78. The monoisotopic (exact) mass is 311 g/mol. The molecule has 1 aliphatic carbocycles. The molecule has 7 heteroatoms. The Hall–Kier alpha value is 0.180. The summed E-state index contributed by atoms with van der Waals surface area (Å²) in [6, 6.07) is 0. The fourth-order valence-electron chi connectivity index (χ4n) is 2.04. The lowest BCUT2D eigenvalue weighted by atomic mass is 9.86. The first-order valence-corrected chi connectivity index (χ1v) is 9.31. The van der Waals surface area contributed by atoms with Gasteiger partial charge in [-0.1, -0.05) is 32.7 Å². The average molecular weight is 311 g/mol. The van der Waals surface area contributed by atoms with Crippen LogP contribution in [0.15, 0.2) is 0 Å². The maximum atomic E-state index is 11.6. The van der Waals surface area contributed by atoms with E-state index in [9.17, 15) is 8.42 Å². The highest BCUT2D eigenvalue weighted by molar-refractivity contribution is 8.07. The lowest BCUT2D eigenvalue weighted by Gasteiger charge is -2.35. The van der Waals surface area contributed by atoms with Gasteiger partial charge in [-0.3, -0.25) is 0 Å². The molecule has 0 amide bonds. The van der Waals surface area contributed by atoms with E-state index in [4.69, 9.17) is 9.47 Å². The molecule has 0 spiro atoms. The van der Waals surface area contributed by atoms with Crippen LogP contribution in [0.3, 0.4) is 0 Å². The molecule has 0 radical (unpaired) electrons. The van der Waals surface area contributed by atoms with Crippen molar-refractivity contribution in [1.29, 1.82) is 0 Å². The van der Waals surface area contributed by atoms with Crippen molar-refractivity contribution in [2.24, 2.45) is 5.41 Å². The summed E-state index contributed by atoms with van der Waals surface area (Å²) < 4.78 is 35.8. The van der Waals surface area contributed by atoms with Gasteiger partial charge in [-0.2, -0.15) is 0 Å². The molecule has 0 saturated heterocycles. The molecule has 114 valence electrons. The van der Waals surface area contributed by atoms with Crippen molar-refractivity contribution >= 4 is 22.0 Å². The zero-order chi connectivity index (χ0) is 14.9. The van der Waals surface area contributed by atoms with Crippen molar-refractivity contribution in [1.82, 2.24) is 3.71 Å². The molecule has 1 saturated carbocycles. The van der Waals surface area contributed by atoms with E-state index in [0.717, 1.165) is 24.8 Å². The Balaban J connectivity index is 2.70. The molecule has 5 nitrogen and oxygen atoms in total. The standard InChI is InChI=1S/C12H25NO4S2/c1-11(2,3)12(7-8-12)17-10(16-4)9-13(18-5)19(6,14)15/h10H,7-9H2,1-6H3/t10-/m1/s1. The van der Waals surface area contributed by atoms with Crippen molar-refractivity contribution in [3.63, 3.8) is 0 Å². The van der Waals surface area contributed by atoms with E-state index in [1.807, 2.05) is 0 Å². The third-order valence-corrected chi connectivity index (χ3v) is 6.27. The first kappa shape index (κ1) is 17.2. The van der Waals surface area contributed by atoms with Crippen LogP contribution in [-0.2, 0) is 19.5 Å². The van der Waals surface area contributed by atoms with Crippen molar-refractivity contribution in [2.75, 3.05) is 26.2 Å². The summed E-state index contributed by atoms with van der Waals surface area (Å²) in [6.07, 6.45) is 4.37. The molecule has 1 rings (SSSR count). The van der Waals surface area contributed by atoms with E-state index < -0.39 is 16.3 Å². The maximum Gasteiger partial charge on any atom is 0.220 e. The molecule has 0 aromatic rings. The summed E-state index contributed by atoms with van der Waals surface area (Å²) in [5.41, 5.74) is -0.158. The number of nitrogens with zero attached hydrogens (tertiary/aromatic N) is 1. The van der Waals surface area contributed by atoms with Gasteiger partial charge in [0.05, 0.1) is 18.4 Å². The molecule has 0 aromatic heterocycles. The fraction of sp³-hybridized carbons (Fsp3) is 1.00. The topological polar surface area (TPSA) is 55.8 Å². The van der Waals surface area contributed by atoms with Crippen LogP contribution in [0, 0.1) is 5.41 Å². The van der Waals surface area contributed by atoms with Crippen LogP contribution in [0.1, 0.15) is 33.6 Å². The predicted molar refractivity (Wildman–Crippen MR) is 78.4 cm³/mol. The van der Waals surface area contributed by atoms with Crippen molar-refractivity contribution < 1.29 is 17.9 Å². The highest BCUT2D eigenvalue weighted by Gasteiger charge is 2.54. The van der Waals surface area contributed by atoms with Gasteiger partial charge in [0.1, 0.15) is 0 Å². The Bertz CT molecular complexity index is 398. The van der Waals surface area contributed by atoms with Gasteiger partial charge in [0.15, 0.2) is 6.29 Å². The largest absolute Gasteiger partial charge is 0.354 e. The van der Waals surface area contributed by atoms with Gasteiger partial charge in [0, 0.05) is 7.11 Å². The van der Waals surface area contributed by atoms with Gasteiger partial charge in [0.25, 0.3) is 0 Å². The lowest BCUT2D eigenvalue weighted by Crippen LogP contribution is -2.41. The van der Waals surface area contributed by atoms with Gasteiger partial charge in [-0.15, -0.1) is 3.71 Å². The molecule has 1 atom stereocenters. The number of methoxy groups -OCH3 is 1. The molecule has 0 bridgehead atoms. The average Bonchev–Trinajstić information content (AvgIpc) is 3.02. The first-order chi connectivity index (χ1) is 8.55. The van der Waals surface area contributed by atoms with E-state index in [1.165, 1.54) is 9.97 Å². The van der Waals surface area contributed by atoms with Crippen LogP contribution < -0.4 is 0 Å². The molecule has 0 aliphatic heterocycles. The first-order valence-electron chi connectivity index (χ1n) is 6.28. The van der Waals surface area contributed by atoms with E-state index in [0.29, 0.717) is 0 Å². The van der Waals surface area contributed by atoms with E-state index in [2.05, 4.69) is 20.8 Å². The number of ether oxygens (including phenoxy) is 2. The third kappa shape index (κ3) is 4.32. The van der Waals surface area contributed by atoms with Gasteiger partial charge >= 0.3 is 0 Å². The summed E-state index contributed by atoms with van der Waals surface area (Å²) in [7, 11) is -1.71. The minimum absolute atomic E-state index is 0.0268. The second-order valence-electron chi connectivity index (χ2n) is 5.96. The molecule has 1 fully saturated rings. The summed E-state index contributed by atoms with van der Waals surface area (Å²) >= 11 is 1.16. The third-order valence-electron chi connectivity index (χ3n) is 3.56. The summed E-state index contributed by atoms with van der Waals surface area (Å²) in [5, 5.41) is 0. The maximum absolute atomic E-state index is 11.6. The Morgan fingerprint density at radius 2 is 1.89 bits per heavy atom. The Labute approximate surface area is 121 Å². The molecular formula is C12H25NO4S2. The van der Waals surface area contributed by atoms with E-state index in [1.54, 1.807) is 13.4 Å². The van der Waals surface area contributed by atoms with Crippen LogP contribution in [0.25, 0.3) is 0 Å². The smallest absolute Gasteiger partial charge is 0.220 e. The normalized spacial score (nSPS) is 20.6. The quantitative estimate of drug-likeness (QED) is 0.532. The molecule has 1 aliphatic rings. The zero-order valence-corrected chi connectivity index (χ0v) is 14.2. The number of hydrogen-bond donors (Lipinski definition) is 0. The zero-order valence-electron chi connectivity index (χ0n) is 12.6. The predicted octanol–water partition coefficient (Wildman–Crippen LogP) is 2.09. The van der Waals surface area contributed by atoms with E-state index in [-0.39, 0.29) is 17.6 Å². The minimum Gasteiger partial charge on any atom is -0.354 e. The number of rotatable bonds is 7. The molecule has 0 N–H and O–H groups in total. The van der Waals surface area contributed by atoms with Crippen molar-refractivity contribution in [2.45, 2.75) is 45.5 Å². The second kappa shape index (κ2) is 5.89. The minimum atomic E-state index is -3.25. The molecule has 0 unspecified atom stereocenters. The molecular weight excluding hydrogens is 286 g/mol. The molecule has 0 heterocycles. The highest BCUT2D eigenvalue weighted by Crippen LogP contribution is 2.53. The number of hydrogen-bond acceptors (Lipinski definition) is 5. The van der Waals surface area contributed by atoms with Crippen LogP contribution in [0.4, 0.5) is 0 Å². The van der Waals surface area contributed by atoms with E-state index >= 15 is 0 Å². The lowest BCUT2D eigenvalue weighted by molar-refractivity contribution is -0.191. The summed E-state index contributed by atoms with van der Waals surface area (Å²) in [4.78, 5) is 0. The van der Waals surface area contributed by atoms with Gasteiger partial charge in [-0.05, 0) is 24.5 Å². The van der Waals surface area contributed by atoms with Crippen molar-refractivity contribution in [3.8, 4) is 0 Å². The second-order valence-corrected chi connectivity index (χ2v) is 8.90. The van der Waals surface area contributed by atoms with Crippen LogP contribution in [0.5, 0.6) is 0 Å². The summed E-state index contributed by atoms with van der Waals surface area (Å²) in [5.74, 6) is 0. The Morgan fingerprint density at radius 1 is 1.37 bits per heavy atom. The van der Waals surface area contributed by atoms with Crippen LogP contribution >= 0.6 is 11.9 Å². The van der Waals surface area contributed by atoms with Crippen LogP contribution in [0.2, 0.25) is 0 Å². The molecule has 0 aromatic carbocycles.